The lowest BCUT2D eigenvalue weighted by atomic mass is 10.3. The van der Waals surface area contributed by atoms with Crippen LogP contribution in [0.2, 0.25) is 0 Å². The maximum Gasteiger partial charge on any atom is 0.522 e. The first-order chi connectivity index (χ1) is 7.05. The average molecular weight is 263 g/mol. The fraction of sp³-hybridized carbons (Fsp3) is 1.00. The van der Waals surface area contributed by atoms with E-state index in [0.717, 1.165) is 6.04 Å². The summed E-state index contributed by atoms with van der Waals surface area (Å²) in [6.07, 6.45) is 2.83. The average Bonchev–Trinajstić information content (AvgIpc) is 2.51. The molecule has 1 aliphatic heterocycles. The minimum Gasteiger partial charge on any atom is -0.301 e. The van der Waals surface area contributed by atoms with Gasteiger partial charge in [-0.15, -0.1) is 0 Å². The van der Waals surface area contributed by atoms with Crippen molar-refractivity contribution in [1.29, 1.82) is 0 Å². The van der Waals surface area contributed by atoms with Crippen molar-refractivity contribution in [1.82, 2.24) is 4.90 Å². The van der Waals surface area contributed by atoms with E-state index in [0.29, 0.717) is 0 Å². The molecule has 1 N–H and O–H groups in total. The lowest BCUT2D eigenvalue weighted by molar-refractivity contribution is -0.0510. The Labute approximate surface area is 93.2 Å². The minimum atomic E-state index is -5.84. The SMILES string of the molecule is CC(C)N1CCCC1.O=S(=O)(O)C(F)(F)F. The van der Waals surface area contributed by atoms with Crippen LogP contribution in [0.1, 0.15) is 26.7 Å². The van der Waals surface area contributed by atoms with Gasteiger partial charge in [0.1, 0.15) is 0 Å². The number of alkyl halides is 3. The van der Waals surface area contributed by atoms with E-state index >= 15 is 0 Å². The Balaban J connectivity index is 0.000000281. The summed E-state index contributed by atoms with van der Waals surface area (Å²) >= 11 is 0. The molecule has 0 amide bonds. The maximum atomic E-state index is 10.7. The van der Waals surface area contributed by atoms with Crippen LogP contribution in [0, 0.1) is 0 Å². The Bertz CT molecular complexity index is 294. The van der Waals surface area contributed by atoms with Crippen molar-refractivity contribution in [2.75, 3.05) is 13.1 Å². The third-order valence-corrected chi connectivity index (χ3v) is 2.75. The molecule has 0 aliphatic carbocycles. The first kappa shape index (κ1) is 15.7. The lowest BCUT2D eigenvalue weighted by Crippen LogP contribution is -2.26. The van der Waals surface area contributed by atoms with Crippen LogP contribution in [-0.4, -0.2) is 42.5 Å². The van der Waals surface area contributed by atoms with Crippen LogP contribution in [0.15, 0.2) is 0 Å². The predicted octanol–water partition coefficient (Wildman–Crippen LogP) is 1.88. The molecule has 1 heterocycles. The molecular weight excluding hydrogens is 247 g/mol. The molecule has 98 valence electrons. The van der Waals surface area contributed by atoms with Crippen molar-refractivity contribution in [3.05, 3.63) is 0 Å². The van der Waals surface area contributed by atoms with E-state index in [1.807, 2.05) is 0 Å². The van der Waals surface area contributed by atoms with Gasteiger partial charge in [0.15, 0.2) is 0 Å². The van der Waals surface area contributed by atoms with Gasteiger partial charge in [-0.05, 0) is 39.8 Å². The summed E-state index contributed by atoms with van der Waals surface area (Å²) in [6, 6.07) is 0.775. The van der Waals surface area contributed by atoms with Crippen molar-refractivity contribution < 1.29 is 26.1 Å². The van der Waals surface area contributed by atoms with E-state index in [1.165, 1.54) is 25.9 Å². The fourth-order valence-corrected chi connectivity index (χ4v) is 1.26. The van der Waals surface area contributed by atoms with E-state index in [2.05, 4.69) is 18.7 Å². The molecule has 0 aromatic rings. The molecule has 0 radical (unpaired) electrons. The quantitative estimate of drug-likeness (QED) is 0.579. The first-order valence-corrected chi connectivity index (χ1v) is 6.27. The molecule has 0 unspecified atom stereocenters. The summed E-state index contributed by atoms with van der Waals surface area (Å²) in [7, 11) is -5.84. The summed E-state index contributed by atoms with van der Waals surface area (Å²) in [6.45, 7) is 7.20. The molecule has 16 heavy (non-hydrogen) atoms. The Hall–Kier alpha value is -0.340. The molecule has 0 saturated carbocycles. The zero-order chi connectivity index (χ0) is 13.0. The highest BCUT2D eigenvalue weighted by molar-refractivity contribution is 7.86. The number of nitrogens with zero attached hydrogens (tertiary/aromatic N) is 1. The highest BCUT2D eigenvalue weighted by atomic mass is 32.2. The second kappa shape index (κ2) is 5.83. The summed E-state index contributed by atoms with van der Waals surface area (Å²) in [5.74, 6) is 0. The van der Waals surface area contributed by atoms with Gasteiger partial charge >= 0.3 is 15.6 Å². The molecule has 1 aliphatic rings. The molecule has 1 fully saturated rings. The lowest BCUT2D eigenvalue weighted by Gasteiger charge is -2.18. The standard InChI is InChI=1S/C7H15N.CHF3O3S/c1-7(2)8-5-3-4-6-8;2-1(3,4)8(5,6)7/h7H,3-6H2,1-2H3;(H,5,6,7). The number of rotatable bonds is 1. The third-order valence-electron chi connectivity index (χ3n) is 2.16. The first-order valence-electron chi connectivity index (χ1n) is 4.83. The van der Waals surface area contributed by atoms with Gasteiger partial charge in [0.25, 0.3) is 0 Å². The van der Waals surface area contributed by atoms with Gasteiger partial charge in [0.2, 0.25) is 0 Å². The van der Waals surface area contributed by atoms with Gasteiger partial charge in [-0.1, -0.05) is 0 Å². The molecule has 0 atom stereocenters. The molecule has 0 bridgehead atoms. The molecule has 0 spiro atoms. The Morgan fingerprint density at radius 3 is 1.62 bits per heavy atom. The molecule has 8 heteroatoms. The summed E-state index contributed by atoms with van der Waals surface area (Å²) < 4.78 is 57.5. The number of likely N-dealkylation sites (tertiary alicyclic amines) is 1. The van der Waals surface area contributed by atoms with E-state index in [1.54, 1.807) is 0 Å². The zero-order valence-electron chi connectivity index (χ0n) is 9.16. The molecule has 4 nitrogen and oxygen atoms in total. The molecule has 0 aromatic carbocycles. The van der Waals surface area contributed by atoms with Crippen LogP contribution >= 0.6 is 0 Å². The van der Waals surface area contributed by atoms with Crippen LogP contribution in [0.25, 0.3) is 0 Å². The Morgan fingerprint density at radius 1 is 1.19 bits per heavy atom. The van der Waals surface area contributed by atoms with Crippen molar-refractivity contribution in [2.24, 2.45) is 0 Å². The third kappa shape index (κ3) is 5.66. The van der Waals surface area contributed by atoms with Crippen molar-refractivity contribution in [3.63, 3.8) is 0 Å². The summed E-state index contributed by atoms with van der Waals surface area (Å²) in [4.78, 5) is 2.53. The van der Waals surface area contributed by atoms with Crippen LogP contribution in [0.5, 0.6) is 0 Å². The Kier molecular flexibility index (Phi) is 5.71. The van der Waals surface area contributed by atoms with E-state index in [4.69, 9.17) is 13.0 Å². The van der Waals surface area contributed by atoms with Gasteiger partial charge in [-0.2, -0.15) is 21.6 Å². The largest absolute Gasteiger partial charge is 0.522 e. The second-order valence-corrected chi connectivity index (χ2v) is 5.17. The summed E-state index contributed by atoms with van der Waals surface area (Å²) in [5.41, 5.74) is -5.53. The monoisotopic (exact) mass is 263 g/mol. The topological polar surface area (TPSA) is 57.6 Å². The predicted molar refractivity (Wildman–Crippen MR) is 53.5 cm³/mol. The molecular formula is C8H16F3NO3S. The van der Waals surface area contributed by atoms with Gasteiger partial charge in [0.05, 0.1) is 0 Å². The van der Waals surface area contributed by atoms with E-state index in [9.17, 15) is 13.2 Å². The second-order valence-electron chi connectivity index (χ2n) is 3.76. The number of halogens is 3. The maximum absolute atomic E-state index is 10.7. The van der Waals surface area contributed by atoms with Crippen molar-refractivity contribution in [3.8, 4) is 0 Å². The van der Waals surface area contributed by atoms with Gasteiger partial charge < -0.3 is 4.90 Å². The van der Waals surface area contributed by atoms with Crippen LogP contribution in [0.4, 0.5) is 13.2 Å². The zero-order valence-corrected chi connectivity index (χ0v) is 9.98. The van der Waals surface area contributed by atoms with Crippen LogP contribution in [0.3, 0.4) is 0 Å². The van der Waals surface area contributed by atoms with E-state index < -0.39 is 15.6 Å². The highest BCUT2D eigenvalue weighted by Crippen LogP contribution is 2.20. The number of hydrogen-bond acceptors (Lipinski definition) is 3. The van der Waals surface area contributed by atoms with E-state index in [-0.39, 0.29) is 0 Å². The van der Waals surface area contributed by atoms with Crippen molar-refractivity contribution in [2.45, 2.75) is 38.2 Å². The number of hydrogen-bond donors (Lipinski definition) is 1. The van der Waals surface area contributed by atoms with Gasteiger partial charge in [0, 0.05) is 6.04 Å². The highest BCUT2D eigenvalue weighted by Gasteiger charge is 2.44. The smallest absolute Gasteiger partial charge is 0.301 e. The summed E-state index contributed by atoms with van der Waals surface area (Å²) in [5, 5.41) is 0. The van der Waals surface area contributed by atoms with Crippen molar-refractivity contribution >= 4 is 10.1 Å². The normalized spacial score (nSPS) is 18.4. The minimum absolute atomic E-state index is 0.775. The van der Waals surface area contributed by atoms with Gasteiger partial charge in [-0.25, -0.2) is 0 Å². The van der Waals surface area contributed by atoms with Gasteiger partial charge in [-0.3, -0.25) is 4.55 Å². The van der Waals surface area contributed by atoms with Crippen LogP contribution in [-0.2, 0) is 10.1 Å². The molecule has 1 rings (SSSR count). The fourth-order valence-electron chi connectivity index (χ4n) is 1.26. The molecule has 1 saturated heterocycles. The Morgan fingerprint density at radius 2 is 1.50 bits per heavy atom. The van der Waals surface area contributed by atoms with Crippen LogP contribution < -0.4 is 0 Å². The molecule has 0 aromatic heterocycles.